The molecular formula is C13H25N3O3. The fraction of sp³-hybridized carbons (Fsp3) is 0.846. The number of amides is 1. The van der Waals surface area contributed by atoms with E-state index in [9.17, 15) is 4.79 Å². The van der Waals surface area contributed by atoms with Crippen LogP contribution in [-0.2, 0) is 9.53 Å². The van der Waals surface area contributed by atoms with Crippen LogP contribution in [0.5, 0.6) is 0 Å². The summed E-state index contributed by atoms with van der Waals surface area (Å²) in [7, 11) is 0. The van der Waals surface area contributed by atoms with E-state index in [0.717, 1.165) is 13.0 Å². The number of hydrogen-bond acceptors (Lipinski definition) is 4. The standard InChI is InChI=1S/C13H25N3O3/c1-4-13(5-2,11(14)16-18)12(17)15-8-10-6-7-19-9(10)3/h9-10,18H,4-8H2,1-3H3,(H2,14,16)(H,15,17). The van der Waals surface area contributed by atoms with E-state index >= 15 is 0 Å². The molecule has 1 heterocycles. The number of nitrogens with one attached hydrogen (secondary N) is 1. The number of hydrogen-bond donors (Lipinski definition) is 3. The molecule has 4 N–H and O–H groups in total. The molecule has 1 rings (SSSR count). The maximum absolute atomic E-state index is 12.4. The highest BCUT2D eigenvalue weighted by Crippen LogP contribution is 2.27. The van der Waals surface area contributed by atoms with E-state index in [4.69, 9.17) is 15.7 Å². The van der Waals surface area contributed by atoms with Crippen molar-refractivity contribution in [3.8, 4) is 0 Å². The minimum absolute atomic E-state index is 0.0225. The van der Waals surface area contributed by atoms with E-state index in [1.807, 2.05) is 20.8 Å². The zero-order valence-corrected chi connectivity index (χ0v) is 12.0. The third-order valence-electron chi connectivity index (χ3n) is 4.30. The van der Waals surface area contributed by atoms with Crippen molar-refractivity contribution in [2.45, 2.75) is 46.1 Å². The van der Waals surface area contributed by atoms with Gasteiger partial charge >= 0.3 is 0 Å². The third-order valence-corrected chi connectivity index (χ3v) is 4.30. The van der Waals surface area contributed by atoms with Crippen LogP contribution in [0.1, 0.15) is 40.0 Å². The first-order valence-electron chi connectivity index (χ1n) is 6.89. The van der Waals surface area contributed by atoms with Gasteiger partial charge in [-0.15, -0.1) is 0 Å². The second-order valence-corrected chi connectivity index (χ2v) is 5.11. The number of rotatable bonds is 6. The third kappa shape index (κ3) is 3.18. The van der Waals surface area contributed by atoms with Crippen molar-refractivity contribution in [3.63, 3.8) is 0 Å². The molecule has 6 heteroatoms. The monoisotopic (exact) mass is 271 g/mol. The largest absolute Gasteiger partial charge is 0.409 e. The molecule has 1 aliphatic rings. The van der Waals surface area contributed by atoms with E-state index in [1.165, 1.54) is 0 Å². The van der Waals surface area contributed by atoms with E-state index in [-0.39, 0.29) is 17.8 Å². The summed E-state index contributed by atoms with van der Waals surface area (Å²) in [6, 6.07) is 0. The van der Waals surface area contributed by atoms with Gasteiger partial charge < -0.3 is 21.0 Å². The molecule has 0 aromatic heterocycles. The summed E-state index contributed by atoms with van der Waals surface area (Å²) in [5.74, 6) is 0.139. The van der Waals surface area contributed by atoms with Gasteiger partial charge in [0.25, 0.3) is 0 Å². The maximum Gasteiger partial charge on any atom is 0.233 e. The van der Waals surface area contributed by atoms with Crippen LogP contribution in [0.25, 0.3) is 0 Å². The first kappa shape index (κ1) is 15.8. The summed E-state index contributed by atoms with van der Waals surface area (Å²) >= 11 is 0. The quantitative estimate of drug-likeness (QED) is 0.291. The Morgan fingerprint density at radius 3 is 2.58 bits per heavy atom. The Hall–Kier alpha value is -1.30. The Labute approximate surface area is 114 Å². The lowest BCUT2D eigenvalue weighted by molar-refractivity contribution is -0.128. The second-order valence-electron chi connectivity index (χ2n) is 5.11. The first-order chi connectivity index (χ1) is 9.01. The molecule has 0 aliphatic carbocycles. The van der Waals surface area contributed by atoms with Gasteiger partial charge in [0.2, 0.25) is 5.91 Å². The van der Waals surface area contributed by atoms with Gasteiger partial charge in [0, 0.05) is 19.1 Å². The SMILES string of the molecule is CCC(CC)(C(=O)NCC1CCOC1C)C(N)=NO. The molecule has 0 bridgehead atoms. The van der Waals surface area contributed by atoms with Crippen LogP contribution >= 0.6 is 0 Å². The number of ether oxygens (including phenoxy) is 1. The van der Waals surface area contributed by atoms with E-state index < -0.39 is 5.41 Å². The summed E-state index contributed by atoms with van der Waals surface area (Å²) in [6.45, 7) is 7.06. The Balaban J connectivity index is 2.67. The fourth-order valence-electron chi connectivity index (χ4n) is 2.58. The predicted molar refractivity (Wildman–Crippen MR) is 73.0 cm³/mol. The van der Waals surface area contributed by atoms with Crippen LogP contribution in [-0.4, -0.2) is 36.2 Å². The molecule has 1 amide bonds. The van der Waals surface area contributed by atoms with Crippen LogP contribution < -0.4 is 11.1 Å². The van der Waals surface area contributed by atoms with Gasteiger partial charge in [-0.05, 0) is 26.2 Å². The number of nitrogens with two attached hydrogens (primary N) is 1. The Bertz CT molecular complexity index is 340. The van der Waals surface area contributed by atoms with E-state index in [2.05, 4.69) is 10.5 Å². The number of carbonyl (C=O) groups excluding carboxylic acids is 1. The summed E-state index contributed by atoms with van der Waals surface area (Å²) in [4.78, 5) is 12.4. The molecule has 0 aromatic rings. The lowest BCUT2D eigenvalue weighted by Gasteiger charge is -2.29. The summed E-state index contributed by atoms with van der Waals surface area (Å²) < 4.78 is 5.46. The number of carbonyl (C=O) groups is 1. The van der Waals surface area contributed by atoms with Crippen molar-refractivity contribution in [1.82, 2.24) is 5.32 Å². The lowest BCUT2D eigenvalue weighted by atomic mass is 9.80. The zero-order valence-electron chi connectivity index (χ0n) is 12.0. The van der Waals surface area contributed by atoms with Crippen molar-refractivity contribution in [1.29, 1.82) is 0 Å². The molecule has 1 fully saturated rings. The van der Waals surface area contributed by atoms with Gasteiger partial charge in [-0.3, -0.25) is 4.79 Å². The second kappa shape index (κ2) is 6.75. The molecular weight excluding hydrogens is 246 g/mol. The molecule has 0 spiro atoms. The zero-order chi connectivity index (χ0) is 14.5. The Morgan fingerprint density at radius 1 is 1.53 bits per heavy atom. The van der Waals surface area contributed by atoms with Crippen molar-refractivity contribution < 1.29 is 14.7 Å². The van der Waals surface area contributed by atoms with Crippen LogP contribution in [0.4, 0.5) is 0 Å². The molecule has 0 radical (unpaired) electrons. The average molecular weight is 271 g/mol. The predicted octanol–water partition coefficient (Wildman–Crippen LogP) is 1.08. The van der Waals surface area contributed by atoms with Crippen molar-refractivity contribution in [3.05, 3.63) is 0 Å². The molecule has 2 unspecified atom stereocenters. The van der Waals surface area contributed by atoms with Gasteiger partial charge in [0.15, 0.2) is 5.84 Å². The normalized spacial score (nSPS) is 24.5. The van der Waals surface area contributed by atoms with Gasteiger partial charge in [0.1, 0.15) is 5.41 Å². The van der Waals surface area contributed by atoms with Gasteiger partial charge in [-0.1, -0.05) is 19.0 Å². The topological polar surface area (TPSA) is 96.9 Å². The molecule has 0 saturated carbocycles. The highest BCUT2D eigenvalue weighted by atomic mass is 16.5. The summed E-state index contributed by atoms with van der Waals surface area (Å²) in [5, 5.41) is 14.8. The minimum atomic E-state index is -0.919. The highest BCUT2D eigenvalue weighted by Gasteiger charge is 2.40. The van der Waals surface area contributed by atoms with Crippen LogP contribution in [0.3, 0.4) is 0 Å². The molecule has 0 aromatic carbocycles. The number of nitrogens with zero attached hydrogens (tertiary/aromatic N) is 1. The van der Waals surface area contributed by atoms with Gasteiger partial charge in [-0.2, -0.15) is 0 Å². The molecule has 110 valence electrons. The summed E-state index contributed by atoms with van der Waals surface area (Å²) in [6.07, 6.45) is 2.13. The number of amidine groups is 1. The molecule has 6 nitrogen and oxygen atoms in total. The molecule has 1 saturated heterocycles. The average Bonchev–Trinajstić information content (AvgIpc) is 2.83. The van der Waals surface area contributed by atoms with Crippen molar-refractivity contribution >= 4 is 11.7 Å². The molecule has 2 atom stereocenters. The minimum Gasteiger partial charge on any atom is -0.409 e. The van der Waals surface area contributed by atoms with Crippen LogP contribution in [0.2, 0.25) is 0 Å². The number of oxime groups is 1. The maximum atomic E-state index is 12.4. The smallest absolute Gasteiger partial charge is 0.233 e. The summed E-state index contributed by atoms with van der Waals surface area (Å²) in [5.41, 5.74) is 4.78. The van der Waals surface area contributed by atoms with E-state index in [0.29, 0.717) is 25.3 Å². The lowest BCUT2D eigenvalue weighted by Crippen LogP contribution is -2.50. The molecule has 19 heavy (non-hydrogen) atoms. The van der Waals surface area contributed by atoms with Crippen LogP contribution in [0, 0.1) is 11.3 Å². The van der Waals surface area contributed by atoms with Gasteiger partial charge in [-0.25, -0.2) is 0 Å². The van der Waals surface area contributed by atoms with Crippen molar-refractivity contribution in [2.75, 3.05) is 13.2 Å². The Kier molecular flexibility index (Phi) is 5.60. The fourth-order valence-corrected chi connectivity index (χ4v) is 2.58. The van der Waals surface area contributed by atoms with Crippen LogP contribution in [0.15, 0.2) is 5.16 Å². The van der Waals surface area contributed by atoms with E-state index in [1.54, 1.807) is 0 Å². The highest BCUT2D eigenvalue weighted by molar-refractivity contribution is 6.06. The van der Waals surface area contributed by atoms with Gasteiger partial charge in [0.05, 0.1) is 6.10 Å². The Morgan fingerprint density at radius 2 is 2.16 bits per heavy atom. The molecule has 1 aliphatic heterocycles. The van der Waals surface area contributed by atoms with Crippen molar-refractivity contribution in [2.24, 2.45) is 22.2 Å². The first-order valence-corrected chi connectivity index (χ1v) is 6.89.